The molecular weight excluding hydrogens is 419 g/mol. The number of aromatic nitrogens is 4. The molecule has 1 aromatic carbocycles. The van der Waals surface area contributed by atoms with Gasteiger partial charge < -0.3 is 5.32 Å². The van der Waals surface area contributed by atoms with Crippen LogP contribution in [0.25, 0.3) is 16.7 Å². The number of rotatable bonds is 4. The predicted molar refractivity (Wildman–Crippen MR) is 107 cm³/mol. The molecule has 0 spiro atoms. The van der Waals surface area contributed by atoms with Gasteiger partial charge in [0.25, 0.3) is 5.56 Å². The summed E-state index contributed by atoms with van der Waals surface area (Å²) >= 11 is 6.18. The quantitative estimate of drug-likeness (QED) is 0.516. The number of fused-ring (bicyclic) bond motifs is 1. The van der Waals surface area contributed by atoms with Crippen molar-refractivity contribution in [3.05, 3.63) is 87.6 Å². The standard InChI is InChI=1S/C20H13ClF3N5O/c21-17-15(26-9-13-4-1-3-12-5-2-8-25-18(12)13)11-28-29(19(17)30)16-7-6-14(10-27-16)20(22,23)24/h1-8,10-11,26H,9H2. The van der Waals surface area contributed by atoms with Crippen LogP contribution < -0.4 is 10.9 Å². The van der Waals surface area contributed by atoms with Crippen LogP contribution in [-0.2, 0) is 12.7 Å². The highest BCUT2D eigenvalue weighted by Crippen LogP contribution is 2.28. The van der Waals surface area contributed by atoms with Gasteiger partial charge >= 0.3 is 6.18 Å². The molecule has 0 unspecified atom stereocenters. The Morgan fingerprint density at radius 1 is 1.03 bits per heavy atom. The van der Waals surface area contributed by atoms with E-state index in [-0.39, 0.29) is 16.5 Å². The van der Waals surface area contributed by atoms with E-state index in [9.17, 15) is 18.0 Å². The predicted octanol–water partition coefficient (Wildman–Crippen LogP) is 4.46. The molecule has 10 heteroatoms. The van der Waals surface area contributed by atoms with Crippen molar-refractivity contribution in [1.82, 2.24) is 19.7 Å². The summed E-state index contributed by atoms with van der Waals surface area (Å²) < 4.78 is 38.9. The van der Waals surface area contributed by atoms with Crippen LogP contribution in [0.15, 0.2) is 65.8 Å². The smallest absolute Gasteiger partial charge is 0.378 e. The van der Waals surface area contributed by atoms with E-state index in [1.807, 2.05) is 30.3 Å². The fourth-order valence-electron chi connectivity index (χ4n) is 2.90. The number of benzene rings is 1. The molecule has 0 fully saturated rings. The molecule has 3 aromatic heterocycles. The summed E-state index contributed by atoms with van der Waals surface area (Å²) in [4.78, 5) is 20.6. The lowest BCUT2D eigenvalue weighted by molar-refractivity contribution is -0.137. The van der Waals surface area contributed by atoms with Gasteiger partial charge in [0, 0.05) is 24.3 Å². The Balaban J connectivity index is 1.59. The second-order valence-electron chi connectivity index (χ2n) is 6.34. The third kappa shape index (κ3) is 3.84. The van der Waals surface area contributed by atoms with Crippen LogP contribution >= 0.6 is 11.6 Å². The van der Waals surface area contributed by atoms with E-state index < -0.39 is 17.3 Å². The zero-order chi connectivity index (χ0) is 21.3. The number of halogens is 4. The third-order valence-electron chi connectivity index (χ3n) is 4.40. The minimum absolute atomic E-state index is 0.0697. The third-order valence-corrected chi connectivity index (χ3v) is 4.76. The highest BCUT2D eigenvalue weighted by Gasteiger charge is 2.30. The zero-order valence-electron chi connectivity index (χ0n) is 15.2. The van der Waals surface area contributed by atoms with Crippen LogP contribution in [0.4, 0.5) is 18.9 Å². The molecule has 0 radical (unpaired) electrons. The molecule has 0 aliphatic carbocycles. The van der Waals surface area contributed by atoms with E-state index in [0.717, 1.165) is 33.3 Å². The number of anilines is 1. The fourth-order valence-corrected chi connectivity index (χ4v) is 3.09. The maximum atomic E-state index is 12.7. The van der Waals surface area contributed by atoms with Crippen LogP contribution in [0.1, 0.15) is 11.1 Å². The van der Waals surface area contributed by atoms with Crippen molar-refractivity contribution >= 4 is 28.2 Å². The van der Waals surface area contributed by atoms with E-state index >= 15 is 0 Å². The number of hydrogen-bond donors (Lipinski definition) is 1. The van der Waals surface area contributed by atoms with E-state index in [2.05, 4.69) is 20.4 Å². The molecule has 0 aliphatic rings. The molecule has 6 nitrogen and oxygen atoms in total. The number of para-hydroxylation sites is 1. The molecule has 0 atom stereocenters. The highest BCUT2D eigenvalue weighted by atomic mass is 35.5. The van der Waals surface area contributed by atoms with Crippen molar-refractivity contribution in [2.24, 2.45) is 0 Å². The molecule has 0 aliphatic heterocycles. The van der Waals surface area contributed by atoms with Gasteiger partial charge in [0.15, 0.2) is 5.82 Å². The zero-order valence-corrected chi connectivity index (χ0v) is 15.9. The van der Waals surface area contributed by atoms with Crippen LogP contribution in [0, 0.1) is 0 Å². The van der Waals surface area contributed by atoms with Gasteiger partial charge in [-0.1, -0.05) is 35.9 Å². The Bertz CT molecular complexity index is 1270. The maximum absolute atomic E-state index is 12.7. The molecule has 0 saturated carbocycles. The summed E-state index contributed by atoms with van der Waals surface area (Å²) in [5.41, 5.74) is 0.381. The first-order valence-corrected chi connectivity index (χ1v) is 9.10. The lowest BCUT2D eigenvalue weighted by Crippen LogP contribution is -2.23. The van der Waals surface area contributed by atoms with Gasteiger partial charge in [-0.15, -0.1) is 0 Å². The monoisotopic (exact) mass is 431 g/mol. The average molecular weight is 432 g/mol. The van der Waals surface area contributed by atoms with E-state index in [4.69, 9.17) is 11.6 Å². The summed E-state index contributed by atoms with van der Waals surface area (Å²) in [5.74, 6) is -0.0697. The summed E-state index contributed by atoms with van der Waals surface area (Å²) in [7, 11) is 0. The average Bonchev–Trinajstić information content (AvgIpc) is 2.74. The van der Waals surface area contributed by atoms with E-state index in [1.165, 1.54) is 6.20 Å². The summed E-state index contributed by atoms with van der Waals surface area (Å²) in [6.45, 7) is 0.345. The van der Waals surface area contributed by atoms with Gasteiger partial charge in [0.05, 0.1) is 23.0 Å². The largest absolute Gasteiger partial charge is 0.417 e. The van der Waals surface area contributed by atoms with Gasteiger partial charge in [-0.2, -0.15) is 23.0 Å². The Morgan fingerprint density at radius 3 is 2.57 bits per heavy atom. The maximum Gasteiger partial charge on any atom is 0.417 e. The van der Waals surface area contributed by atoms with Gasteiger partial charge in [-0.05, 0) is 23.8 Å². The lowest BCUT2D eigenvalue weighted by atomic mass is 10.1. The van der Waals surface area contributed by atoms with Gasteiger partial charge in [0.1, 0.15) is 5.02 Å². The Labute approximate surface area is 173 Å². The summed E-state index contributed by atoms with van der Waals surface area (Å²) in [6.07, 6.45) is -0.872. The van der Waals surface area contributed by atoms with Crippen molar-refractivity contribution in [1.29, 1.82) is 0 Å². The molecule has 3 heterocycles. The van der Waals surface area contributed by atoms with Crippen molar-refractivity contribution in [3.8, 4) is 5.82 Å². The minimum Gasteiger partial charge on any atom is -0.378 e. The fraction of sp³-hybridized carbons (Fsp3) is 0.100. The number of hydrogen-bond acceptors (Lipinski definition) is 5. The molecule has 152 valence electrons. The minimum atomic E-state index is -4.52. The van der Waals surface area contributed by atoms with E-state index in [1.54, 1.807) is 6.20 Å². The molecule has 0 saturated heterocycles. The van der Waals surface area contributed by atoms with Crippen molar-refractivity contribution in [3.63, 3.8) is 0 Å². The van der Waals surface area contributed by atoms with Crippen LogP contribution in [0.5, 0.6) is 0 Å². The SMILES string of the molecule is O=c1c(Cl)c(NCc2cccc3cccnc23)cnn1-c1ccc(C(F)(F)F)cn1. The van der Waals surface area contributed by atoms with Crippen LogP contribution in [0.2, 0.25) is 5.02 Å². The highest BCUT2D eigenvalue weighted by molar-refractivity contribution is 6.32. The Morgan fingerprint density at radius 2 is 1.83 bits per heavy atom. The van der Waals surface area contributed by atoms with Crippen LogP contribution in [-0.4, -0.2) is 19.7 Å². The second-order valence-corrected chi connectivity index (χ2v) is 6.72. The first-order chi connectivity index (χ1) is 14.3. The van der Waals surface area contributed by atoms with Gasteiger partial charge in [0.2, 0.25) is 0 Å². The van der Waals surface area contributed by atoms with Gasteiger partial charge in [-0.25, -0.2) is 4.98 Å². The number of nitrogens with zero attached hydrogens (tertiary/aromatic N) is 4. The second kappa shape index (κ2) is 7.75. The Kier molecular flexibility index (Phi) is 5.13. The Hall–Kier alpha value is -3.46. The molecule has 4 rings (SSSR count). The van der Waals surface area contributed by atoms with Crippen molar-refractivity contribution in [2.75, 3.05) is 5.32 Å². The van der Waals surface area contributed by atoms with Crippen LogP contribution in [0.3, 0.4) is 0 Å². The number of nitrogens with one attached hydrogen (secondary N) is 1. The molecule has 0 bridgehead atoms. The number of alkyl halides is 3. The van der Waals surface area contributed by atoms with Crippen molar-refractivity contribution < 1.29 is 13.2 Å². The van der Waals surface area contributed by atoms with E-state index in [0.29, 0.717) is 12.7 Å². The normalized spacial score (nSPS) is 11.6. The molecule has 4 aromatic rings. The number of pyridine rings is 2. The summed E-state index contributed by atoms with van der Waals surface area (Å²) in [6, 6.07) is 11.4. The first kappa shape index (κ1) is 19.8. The topological polar surface area (TPSA) is 72.7 Å². The lowest BCUT2D eigenvalue weighted by Gasteiger charge is -2.12. The molecule has 1 N–H and O–H groups in total. The first-order valence-electron chi connectivity index (χ1n) is 8.72. The van der Waals surface area contributed by atoms with Gasteiger partial charge in [-0.3, -0.25) is 9.78 Å². The molecule has 0 amide bonds. The van der Waals surface area contributed by atoms with Crippen molar-refractivity contribution in [2.45, 2.75) is 12.7 Å². The summed E-state index contributed by atoms with van der Waals surface area (Å²) in [5, 5.41) is 7.85. The molecule has 30 heavy (non-hydrogen) atoms. The molecular formula is C20H13ClF3N5O.